The molecule has 0 aromatic carbocycles. The highest BCUT2D eigenvalue weighted by Gasteiger charge is 2.30. The summed E-state index contributed by atoms with van der Waals surface area (Å²) in [5.74, 6) is -0.149. The van der Waals surface area contributed by atoms with Crippen LogP contribution in [-0.2, 0) is 6.42 Å². The van der Waals surface area contributed by atoms with Crippen LogP contribution in [0.1, 0.15) is 23.0 Å². The number of carbonyl (C=O) groups excluding carboxylic acids is 1. The number of amides is 1. The number of nitrogens with zero attached hydrogens (tertiary/aromatic N) is 2. The average Bonchev–Trinajstić information content (AvgIpc) is 2.18. The Kier molecular flexibility index (Phi) is 2.11. The van der Waals surface area contributed by atoms with E-state index in [1.807, 2.05) is 13.0 Å². The maximum absolute atomic E-state index is 11.8. The summed E-state index contributed by atoms with van der Waals surface area (Å²) in [6, 6.07) is 3.52. The van der Waals surface area contributed by atoms with Crippen LogP contribution in [0.3, 0.4) is 0 Å². The van der Waals surface area contributed by atoms with Gasteiger partial charge in [0.1, 0.15) is 0 Å². The minimum absolute atomic E-state index is 0.149. The lowest BCUT2D eigenvalue weighted by Crippen LogP contribution is -2.46. The Morgan fingerprint density at radius 2 is 2.43 bits per heavy atom. The number of pyridine rings is 1. The summed E-state index contributed by atoms with van der Waals surface area (Å²) < 4.78 is 0.666. The van der Waals surface area contributed by atoms with E-state index >= 15 is 0 Å². The molecule has 1 aromatic rings. The van der Waals surface area contributed by atoms with Gasteiger partial charge in [-0.15, -0.1) is 0 Å². The normalized spacial score (nSPS) is 15.5. The zero-order chi connectivity index (χ0) is 10.1. The van der Waals surface area contributed by atoms with Gasteiger partial charge < -0.3 is 10.1 Å². The summed E-state index contributed by atoms with van der Waals surface area (Å²) in [4.78, 5) is 13.5. The van der Waals surface area contributed by atoms with Gasteiger partial charge in [-0.25, -0.2) is 0 Å². The van der Waals surface area contributed by atoms with E-state index in [0.717, 1.165) is 12.0 Å². The molecule has 0 radical (unpaired) electrons. The molecule has 4 heteroatoms. The quantitative estimate of drug-likeness (QED) is 0.476. The predicted octanol–water partition coefficient (Wildman–Crippen LogP) is 0.338. The monoisotopic (exact) mass is 192 g/mol. The second kappa shape index (κ2) is 3.29. The SMILES string of the molecule is CCN1CCc2ccc[n+]([O-])c2C1=O. The molecule has 2 heterocycles. The number of carbonyl (C=O) groups is 1. The van der Waals surface area contributed by atoms with E-state index in [1.54, 1.807) is 11.0 Å². The minimum atomic E-state index is -0.149. The van der Waals surface area contributed by atoms with Crippen LogP contribution >= 0.6 is 0 Å². The second-order valence-electron chi connectivity index (χ2n) is 3.34. The van der Waals surface area contributed by atoms with Crippen LogP contribution in [-0.4, -0.2) is 23.9 Å². The van der Waals surface area contributed by atoms with Crippen LogP contribution in [0.25, 0.3) is 0 Å². The topological polar surface area (TPSA) is 47.2 Å². The van der Waals surface area contributed by atoms with Crippen LogP contribution in [0.5, 0.6) is 0 Å². The summed E-state index contributed by atoms with van der Waals surface area (Å²) >= 11 is 0. The highest BCUT2D eigenvalue weighted by molar-refractivity contribution is 5.93. The lowest BCUT2D eigenvalue weighted by Gasteiger charge is -2.25. The molecule has 0 atom stereocenters. The highest BCUT2D eigenvalue weighted by Crippen LogP contribution is 2.14. The fourth-order valence-corrected chi connectivity index (χ4v) is 1.77. The average molecular weight is 192 g/mol. The van der Waals surface area contributed by atoms with E-state index in [4.69, 9.17) is 0 Å². The van der Waals surface area contributed by atoms with Crippen molar-refractivity contribution in [1.29, 1.82) is 0 Å². The lowest BCUT2D eigenvalue weighted by atomic mass is 10.0. The van der Waals surface area contributed by atoms with Crippen molar-refractivity contribution in [2.24, 2.45) is 0 Å². The Labute approximate surface area is 82.3 Å². The van der Waals surface area contributed by atoms with Crippen LogP contribution in [0, 0.1) is 5.21 Å². The first-order chi connectivity index (χ1) is 6.74. The number of likely N-dealkylation sites (N-methyl/N-ethyl adjacent to an activating group) is 1. The molecule has 74 valence electrons. The van der Waals surface area contributed by atoms with Crippen molar-refractivity contribution in [3.05, 3.63) is 34.8 Å². The van der Waals surface area contributed by atoms with Crippen molar-refractivity contribution in [1.82, 2.24) is 4.90 Å². The van der Waals surface area contributed by atoms with Crippen molar-refractivity contribution in [2.75, 3.05) is 13.1 Å². The van der Waals surface area contributed by atoms with Gasteiger partial charge >= 0.3 is 5.91 Å². The maximum atomic E-state index is 11.8. The van der Waals surface area contributed by atoms with E-state index in [1.165, 1.54) is 6.20 Å². The number of rotatable bonds is 1. The van der Waals surface area contributed by atoms with Crippen molar-refractivity contribution >= 4 is 5.91 Å². The highest BCUT2D eigenvalue weighted by atomic mass is 16.5. The van der Waals surface area contributed by atoms with Gasteiger partial charge in [0.2, 0.25) is 0 Å². The van der Waals surface area contributed by atoms with Gasteiger partial charge in [-0.2, -0.15) is 4.73 Å². The fourth-order valence-electron chi connectivity index (χ4n) is 1.77. The Hall–Kier alpha value is -1.58. The van der Waals surface area contributed by atoms with Gasteiger partial charge in [0.15, 0.2) is 6.20 Å². The molecule has 2 rings (SSSR count). The Morgan fingerprint density at radius 1 is 1.64 bits per heavy atom. The summed E-state index contributed by atoms with van der Waals surface area (Å²) in [7, 11) is 0. The zero-order valence-corrected chi connectivity index (χ0v) is 8.06. The lowest BCUT2D eigenvalue weighted by molar-refractivity contribution is -0.608. The summed E-state index contributed by atoms with van der Waals surface area (Å²) in [6.07, 6.45) is 2.15. The summed E-state index contributed by atoms with van der Waals surface area (Å²) in [5.41, 5.74) is 1.15. The van der Waals surface area contributed by atoms with Crippen molar-refractivity contribution in [3.8, 4) is 0 Å². The second-order valence-corrected chi connectivity index (χ2v) is 3.34. The van der Waals surface area contributed by atoms with Crippen LogP contribution in [0.4, 0.5) is 0 Å². The first-order valence-electron chi connectivity index (χ1n) is 4.74. The van der Waals surface area contributed by atoms with E-state index in [-0.39, 0.29) is 5.91 Å². The number of hydrogen-bond acceptors (Lipinski definition) is 2. The third-order valence-corrected chi connectivity index (χ3v) is 2.57. The molecule has 0 spiro atoms. The molecule has 1 amide bonds. The Balaban J connectivity index is 2.48. The van der Waals surface area contributed by atoms with Crippen molar-refractivity contribution in [2.45, 2.75) is 13.3 Å². The summed E-state index contributed by atoms with van der Waals surface area (Å²) in [5, 5.41) is 11.4. The molecule has 14 heavy (non-hydrogen) atoms. The fraction of sp³-hybridized carbons (Fsp3) is 0.400. The first kappa shape index (κ1) is 8.99. The van der Waals surface area contributed by atoms with Crippen LogP contribution in [0.2, 0.25) is 0 Å². The van der Waals surface area contributed by atoms with E-state index in [0.29, 0.717) is 23.5 Å². The first-order valence-corrected chi connectivity index (χ1v) is 4.74. The minimum Gasteiger partial charge on any atom is -0.618 e. The van der Waals surface area contributed by atoms with Gasteiger partial charge in [-0.3, -0.25) is 4.79 Å². The molecule has 0 bridgehead atoms. The largest absolute Gasteiger partial charge is 0.618 e. The number of hydrogen-bond donors (Lipinski definition) is 0. The Bertz CT molecular complexity index is 376. The molecule has 1 aromatic heterocycles. The smallest absolute Gasteiger partial charge is 0.320 e. The van der Waals surface area contributed by atoms with Crippen LogP contribution < -0.4 is 4.73 Å². The van der Waals surface area contributed by atoms with E-state index < -0.39 is 0 Å². The number of aromatic nitrogens is 1. The molecule has 1 aliphatic heterocycles. The van der Waals surface area contributed by atoms with Crippen LogP contribution in [0.15, 0.2) is 18.3 Å². The predicted molar refractivity (Wildman–Crippen MR) is 50.7 cm³/mol. The van der Waals surface area contributed by atoms with Gasteiger partial charge in [-0.1, -0.05) is 0 Å². The van der Waals surface area contributed by atoms with Gasteiger partial charge in [0, 0.05) is 24.7 Å². The van der Waals surface area contributed by atoms with E-state index in [9.17, 15) is 10.0 Å². The standard InChI is InChI=1S/C10H12N2O2/c1-2-11-7-5-8-4-3-6-12(14)9(8)10(11)13/h3-4,6H,2,5,7H2,1H3. The molecule has 1 aliphatic rings. The third kappa shape index (κ3) is 1.23. The molecular formula is C10H12N2O2. The molecule has 0 N–H and O–H groups in total. The molecule has 4 nitrogen and oxygen atoms in total. The third-order valence-electron chi connectivity index (χ3n) is 2.57. The maximum Gasteiger partial charge on any atom is 0.320 e. The van der Waals surface area contributed by atoms with Gasteiger partial charge in [0.05, 0.1) is 0 Å². The van der Waals surface area contributed by atoms with E-state index in [2.05, 4.69) is 0 Å². The molecule has 0 saturated carbocycles. The molecule has 0 fully saturated rings. The molecule has 0 unspecified atom stereocenters. The molecule has 0 saturated heterocycles. The van der Waals surface area contributed by atoms with Crippen molar-refractivity contribution < 1.29 is 9.52 Å². The molecular weight excluding hydrogens is 180 g/mol. The van der Waals surface area contributed by atoms with Gasteiger partial charge in [0.25, 0.3) is 5.69 Å². The van der Waals surface area contributed by atoms with Crippen molar-refractivity contribution in [3.63, 3.8) is 0 Å². The number of fused-ring (bicyclic) bond motifs is 1. The van der Waals surface area contributed by atoms with Gasteiger partial charge in [-0.05, 0) is 19.4 Å². The summed E-state index contributed by atoms with van der Waals surface area (Å²) in [6.45, 7) is 3.29. The zero-order valence-electron chi connectivity index (χ0n) is 8.06. The molecule has 0 aliphatic carbocycles. The Morgan fingerprint density at radius 3 is 3.14 bits per heavy atom.